The summed E-state index contributed by atoms with van der Waals surface area (Å²) in [6, 6.07) is 0. The van der Waals surface area contributed by atoms with Crippen LogP contribution in [0.2, 0.25) is 0 Å². The molecule has 0 aromatic heterocycles. The van der Waals surface area contributed by atoms with Crippen molar-refractivity contribution < 1.29 is 9.84 Å². The van der Waals surface area contributed by atoms with Crippen LogP contribution in [0.25, 0.3) is 0 Å². The highest BCUT2D eigenvalue weighted by Crippen LogP contribution is 2.11. The van der Waals surface area contributed by atoms with Crippen molar-refractivity contribution in [2.75, 3.05) is 0 Å². The Morgan fingerprint density at radius 1 is 1.08 bits per heavy atom. The van der Waals surface area contributed by atoms with Gasteiger partial charge in [0.1, 0.15) is 0 Å². The summed E-state index contributed by atoms with van der Waals surface area (Å²) in [6.45, 7) is 10.1. The highest BCUT2D eigenvalue weighted by atomic mass is 16.5. The minimum absolute atomic E-state index is 0.0567. The molecule has 0 saturated carbocycles. The Kier molecular flexibility index (Phi) is 5.51. The molecule has 0 aliphatic carbocycles. The second-order valence-corrected chi connectivity index (χ2v) is 4.02. The molecule has 0 amide bonds. The van der Waals surface area contributed by atoms with Crippen LogP contribution >= 0.6 is 0 Å². The zero-order valence-corrected chi connectivity index (χ0v) is 8.87. The van der Waals surface area contributed by atoms with Crippen molar-refractivity contribution in [2.24, 2.45) is 5.92 Å². The number of ether oxygens (including phenoxy) is 1. The Bertz CT molecular complexity index is 110. The summed E-state index contributed by atoms with van der Waals surface area (Å²) in [5.41, 5.74) is 0. The third-order valence-corrected chi connectivity index (χ3v) is 1.93. The van der Waals surface area contributed by atoms with Crippen LogP contribution in [-0.2, 0) is 4.74 Å². The minimum Gasteiger partial charge on any atom is -0.391 e. The molecule has 0 aliphatic heterocycles. The van der Waals surface area contributed by atoms with E-state index in [1.807, 2.05) is 6.92 Å². The highest BCUT2D eigenvalue weighted by Gasteiger charge is 2.13. The van der Waals surface area contributed by atoms with Crippen LogP contribution in [0.4, 0.5) is 0 Å². The van der Waals surface area contributed by atoms with Crippen molar-refractivity contribution in [1.82, 2.24) is 0 Å². The Morgan fingerprint density at radius 3 is 1.92 bits per heavy atom. The van der Waals surface area contributed by atoms with Gasteiger partial charge in [-0.25, -0.2) is 0 Å². The van der Waals surface area contributed by atoms with Gasteiger partial charge in [-0.2, -0.15) is 0 Å². The quantitative estimate of drug-likeness (QED) is 0.692. The number of aliphatic hydroxyl groups is 1. The summed E-state index contributed by atoms with van der Waals surface area (Å²) in [5.74, 6) is 0.654. The normalized spacial score (nSPS) is 19.2. The maximum Gasteiger partial charge on any atom is 0.0806 e. The smallest absolute Gasteiger partial charge is 0.0806 e. The predicted octanol–water partition coefficient (Wildman–Crippen LogP) is 2.21. The molecule has 0 rings (SSSR count). The van der Waals surface area contributed by atoms with Crippen LogP contribution in [0.15, 0.2) is 0 Å². The van der Waals surface area contributed by atoms with Gasteiger partial charge in [-0.15, -0.1) is 0 Å². The van der Waals surface area contributed by atoms with Gasteiger partial charge >= 0.3 is 0 Å². The molecular weight excluding hydrogens is 152 g/mol. The average molecular weight is 174 g/mol. The average Bonchev–Trinajstić information content (AvgIpc) is 1.84. The number of rotatable bonds is 5. The summed E-state index contributed by atoms with van der Waals surface area (Å²) in [4.78, 5) is 0. The van der Waals surface area contributed by atoms with E-state index >= 15 is 0 Å². The standard InChI is InChI=1S/C10H22O2/c1-7(2)6-8(3)12-10(5)9(4)11/h7-11H,6H2,1-5H3. The molecule has 1 N–H and O–H groups in total. The first-order valence-electron chi connectivity index (χ1n) is 4.77. The molecule has 2 nitrogen and oxygen atoms in total. The molecule has 2 heteroatoms. The molecule has 0 saturated heterocycles. The molecule has 3 unspecified atom stereocenters. The Labute approximate surface area is 75.9 Å². The maximum atomic E-state index is 9.18. The van der Waals surface area contributed by atoms with Crippen molar-refractivity contribution in [3.05, 3.63) is 0 Å². The molecule has 74 valence electrons. The summed E-state index contributed by atoms with van der Waals surface area (Å²) in [6.07, 6.45) is 0.866. The molecule has 0 aromatic rings. The van der Waals surface area contributed by atoms with E-state index in [4.69, 9.17) is 4.74 Å². The van der Waals surface area contributed by atoms with E-state index < -0.39 is 0 Å². The van der Waals surface area contributed by atoms with E-state index in [-0.39, 0.29) is 18.3 Å². The first kappa shape index (κ1) is 11.9. The minimum atomic E-state index is -0.375. The summed E-state index contributed by atoms with van der Waals surface area (Å²) in [7, 11) is 0. The number of aliphatic hydroxyl groups excluding tert-OH is 1. The zero-order valence-electron chi connectivity index (χ0n) is 8.87. The third kappa shape index (κ3) is 5.56. The van der Waals surface area contributed by atoms with Crippen LogP contribution in [0.5, 0.6) is 0 Å². The molecule has 0 aliphatic rings. The first-order valence-corrected chi connectivity index (χ1v) is 4.77. The second kappa shape index (κ2) is 5.55. The molecule has 0 heterocycles. The van der Waals surface area contributed by atoms with Gasteiger partial charge in [0.2, 0.25) is 0 Å². The van der Waals surface area contributed by atoms with Gasteiger partial charge in [-0.05, 0) is 33.1 Å². The lowest BCUT2D eigenvalue weighted by molar-refractivity contribution is -0.0601. The number of hydrogen-bond donors (Lipinski definition) is 1. The van der Waals surface area contributed by atoms with Gasteiger partial charge in [-0.3, -0.25) is 0 Å². The van der Waals surface area contributed by atoms with E-state index in [1.165, 1.54) is 0 Å². The fraction of sp³-hybridized carbons (Fsp3) is 1.00. The van der Waals surface area contributed by atoms with Crippen molar-refractivity contribution in [3.63, 3.8) is 0 Å². The lowest BCUT2D eigenvalue weighted by Gasteiger charge is -2.22. The number of hydrogen-bond acceptors (Lipinski definition) is 2. The Morgan fingerprint density at radius 2 is 1.58 bits per heavy atom. The molecule has 0 aromatic carbocycles. The summed E-state index contributed by atoms with van der Waals surface area (Å²) >= 11 is 0. The van der Waals surface area contributed by atoms with Crippen molar-refractivity contribution >= 4 is 0 Å². The van der Waals surface area contributed by atoms with Crippen LogP contribution in [-0.4, -0.2) is 23.4 Å². The zero-order chi connectivity index (χ0) is 9.72. The summed E-state index contributed by atoms with van der Waals surface area (Å²) in [5, 5.41) is 9.18. The molecule has 3 atom stereocenters. The van der Waals surface area contributed by atoms with Crippen LogP contribution in [0.1, 0.15) is 41.0 Å². The van der Waals surface area contributed by atoms with E-state index in [2.05, 4.69) is 20.8 Å². The Balaban J connectivity index is 3.61. The van der Waals surface area contributed by atoms with E-state index in [1.54, 1.807) is 6.92 Å². The Hall–Kier alpha value is -0.0800. The molecular formula is C10H22O2. The van der Waals surface area contributed by atoms with Crippen LogP contribution < -0.4 is 0 Å². The monoisotopic (exact) mass is 174 g/mol. The van der Waals surface area contributed by atoms with Crippen LogP contribution in [0.3, 0.4) is 0 Å². The fourth-order valence-electron chi connectivity index (χ4n) is 1.20. The highest BCUT2D eigenvalue weighted by molar-refractivity contribution is 4.61. The van der Waals surface area contributed by atoms with E-state index in [9.17, 15) is 5.11 Å². The SMILES string of the molecule is CC(C)CC(C)OC(C)C(C)O. The molecule has 12 heavy (non-hydrogen) atoms. The third-order valence-electron chi connectivity index (χ3n) is 1.93. The van der Waals surface area contributed by atoms with Crippen molar-refractivity contribution in [1.29, 1.82) is 0 Å². The van der Waals surface area contributed by atoms with Crippen molar-refractivity contribution in [2.45, 2.75) is 59.4 Å². The largest absolute Gasteiger partial charge is 0.391 e. The predicted molar refractivity (Wildman–Crippen MR) is 51.1 cm³/mol. The van der Waals surface area contributed by atoms with Crippen LogP contribution in [0, 0.1) is 5.92 Å². The maximum absolute atomic E-state index is 9.18. The lowest BCUT2D eigenvalue weighted by Crippen LogP contribution is -2.27. The van der Waals surface area contributed by atoms with Gasteiger partial charge in [0.05, 0.1) is 18.3 Å². The molecule has 0 spiro atoms. The van der Waals surface area contributed by atoms with E-state index in [0.29, 0.717) is 5.92 Å². The second-order valence-electron chi connectivity index (χ2n) is 4.02. The van der Waals surface area contributed by atoms with Gasteiger partial charge < -0.3 is 9.84 Å². The topological polar surface area (TPSA) is 29.5 Å². The fourth-order valence-corrected chi connectivity index (χ4v) is 1.20. The van der Waals surface area contributed by atoms with Gasteiger partial charge in [0.15, 0.2) is 0 Å². The summed E-state index contributed by atoms with van der Waals surface area (Å²) < 4.78 is 5.57. The molecule has 0 fully saturated rings. The van der Waals surface area contributed by atoms with Gasteiger partial charge in [-0.1, -0.05) is 13.8 Å². The van der Waals surface area contributed by atoms with Gasteiger partial charge in [0.25, 0.3) is 0 Å². The molecule has 0 radical (unpaired) electrons. The van der Waals surface area contributed by atoms with Gasteiger partial charge in [0, 0.05) is 0 Å². The molecule has 0 bridgehead atoms. The lowest BCUT2D eigenvalue weighted by atomic mass is 10.1. The van der Waals surface area contributed by atoms with Crippen molar-refractivity contribution in [3.8, 4) is 0 Å². The first-order chi connectivity index (χ1) is 5.43. The van der Waals surface area contributed by atoms with E-state index in [0.717, 1.165) is 6.42 Å².